The molecule has 0 aliphatic rings. The summed E-state index contributed by atoms with van der Waals surface area (Å²) in [6.45, 7) is 5.92. The van der Waals surface area contributed by atoms with Gasteiger partial charge in [-0.25, -0.2) is 10.5 Å². The van der Waals surface area contributed by atoms with Crippen molar-refractivity contribution in [2.45, 2.75) is 20.8 Å². The predicted molar refractivity (Wildman–Crippen MR) is 60.5 cm³/mol. The van der Waals surface area contributed by atoms with Gasteiger partial charge in [-0.15, -0.1) is 0 Å². The first-order chi connectivity index (χ1) is 7.72. The fourth-order valence-electron chi connectivity index (χ4n) is 1.31. The summed E-state index contributed by atoms with van der Waals surface area (Å²) in [4.78, 5) is 15.2. The number of amides is 1. The Balaban J connectivity index is 0.000000606. The molecular formula is C11H15N3O2. The third kappa shape index (κ3) is 2.20. The van der Waals surface area contributed by atoms with E-state index in [-0.39, 0.29) is 0 Å². The van der Waals surface area contributed by atoms with E-state index in [1.54, 1.807) is 16.1 Å². The molecule has 0 saturated carbocycles. The number of aryl methyl sites for hydroxylation is 1. The molecule has 1 amide bonds. The van der Waals surface area contributed by atoms with Crippen LogP contribution in [0.5, 0.6) is 0 Å². The van der Waals surface area contributed by atoms with E-state index < -0.39 is 5.91 Å². The van der Waals surface area contributed by atoms with Crippen molar-refractivity contribution in [3.8, 4) is 0 Å². The number of fused-ring (bicyclic) bond motifs is 1. The van der Waals surface area contributed by atoms with Crippen molar-refractivity contribution in [2.75, 3.05) is 0 Å². The fraction of sp³-hybridized carbons (Fsp3) is 0.273. The number of aromatic nitrogens is 2. The molecule has 2 aromatic rings. The van der Waals surface area contributed by atoms with Gasteiger partial charge in [0.2, 0.25) is 0 Å². The minimum atomic E-state index is -0.567. The van der Waals surface area contributed by atoms with Crippen LogP contribution in [-0.2, 0) is 0 Å². The molecule has 2 rings (SSSR count). The minimum absolute atomic E-state index is 0.311. The Kier molecular flexibility index (Phi) is 4.02. The number of carbonyl (C=O) groups is 1. The molecule has 0 saturated heterocycles. The molecule has 2 N–H and O–H groups in total. The SMILES string of the molecule is CC.Cc1ccc2ncc(C(=O)NO)n2c1. The lowest BCUT2D eigenvalue weighted by Crippen LogP contribution is -2.20. The van der Waals surface area contributed by atoms with Gasteiger partial charge in [0, 0.05) is 6.20 Å². The summed E-state index contributed by atoms with van der Waals surface area (Å²) in [6.07, 6.45) is 3.20. The van der Waals surface area contributed by atoms with Gasteiger partial charge in [0.1, 0.15) is 11.3 Å². The van der Waals surface area contributed by atoms with Crippen LogP contribution in [0.2, 0.25) is 0 Å². The van der Waals surface area contributed by atoms with Crippen LogP contribution in [0.4, 0.5) is 0 Å². The largest absolute Gasteiger partial charge is 0.295 e. The van der Waals surface area contributed by atoms with Crippen LogP contribution in [0.15, 0.2) is 24.5 Å². The first-order valence-electron chi connectivity index (χ1n) is 5.10. The standard InChI is InChI=1S/C9H9N3O2.C2H6/c1-6-2-3-8-10-4-7(9(13)11-14)12(8)5-6;1-2/h2-5,14H,1H3,(H,11,13);1-2H3. The molecule has 0 aliphatic carbocycles. The number of imidazole rings is 1. The number of nitrogens with zero attached hydrogens (tertiary/aromatic N) is 2. The van der Waals surface area contributed by atoms with E-state index >= 15 is 0 Å². The van der Waals surface area contributed by atoms with E-state index in [9.17, 15) is 4.79 Å². The van der Waals surface area contributed by atoms with Crippen LogP contribution in [0.1, 0.15) is 29.9 Å². The van der Waals surface area contributed by atoms with Crippen LogP contribution in [0.3, 0.4) is 0 Å². The van der Waals surface area contributed by atoms with Gasteiger partial charge < -0.3 is 0 Å². The van der Waals surface area contributed by atoms with Gasteiger partial charge in [-0.3, -0.25) is 14.4 Å². The summed E-state index contributed by atoms with van der Waals surface area (Å²) in [7, 11) is 0. The Hall–Kier alpha value is -1.88. The second-order valence-corrected chi connectivity index (χ2v) is 3.02. The molecule has 0 spiro atoms. The van der Waals surface area contributed by atoms with Crippen LogP contribution < -0.4 is 5.48 Å². The average Bonchev–Trinajstić information content (AvgIpc) is 2.73. The van der Waals surface area contributed by atoms with Crippen LogP contribution in [-0.4, -0.2) is 20.5 Å². The van der Waals surface area contributed by atoms with Crippen molar-refractivity contribution in [3.63, 3.8) is 0 Å². The molecule has 0 fully saturated rings. The zero-order chi connectivity index (χ0) is 12.1. The second kappa shape index (κ2) is 5.27. The third-order valence-electron chi connectivity index (χ3n) is 1.99. The van der Waals surface area contributed by atoms with Crippen molar-refractivity contribution >= 4 is 11.6 Å². The quantitative estimate of drug-likeness (QED) is 0.570. The number of hydrogen-bond donors (Lipinski definition) is 2. The third-order valence-corrected chi connectivity index (χ3v) is 1.99. The zero-order valence-corrected chi connectivity index (χ0v) is 9.56. The van der Waals surface area contributed by atoms with Gasteiger partial charge in [0.25, 0.3) is 5.91 Å². The summed E-state index contributed by atoms with van der Waals surface area (Å²) < 4.78 is 1.63. The fourth-order valence-corrected chi connectivity index (χ4v) is 1.31. The van der Waals surface area contributed by atoms with Crippen LogP contribution >= 0.6 is 0 Å². The molecule has 0 bridgehead atoms. The number of nitrogens with one attached hydrogen (secondary N) is 1. The maximum atomic E-state index is 11.2. The second-order valence-electron chi connectivity index (χ2n) is 3.02. The Morgan fingerprint density at radius 3 is 2.75 bits per heavy atom. The normalized spacial score (nSPS) is 9.50. The van der Waals surface area contributed by atoms with E-state index in [1.165, 1.54) is 6.20 Å². The van der Waals surface area contributed by atoms with Crippen molar-refractivity contribution in [3.05, 3.63) is 35.8 Å². The molecular weight excluding hydrogens is 206 g/mol. The Morgan fingerprint density at radius 2 is 2.12 bits per heavy atom. The number of rotatable bonds is 1. The number of hydrogen-bond acceptors (Lipinski definition) is 3. The lowest BCUT2D eigenvalue weighted by Gasteiger charge is -2.00. The molecule has 5 heteroatoms. The average molecular weight is 221 g/mol. The topological polar surface area (TPSA) is 66.6 Å². The maximum absolute atomic E-state index is 11.2. The van der Waals surface area contributed by atoms with Gasteiger partial charge in [-0.2, -0.15) is 0 Å². The summed E-state index contributed by atoms with van der Waals surface area (Å²) >= 11 is 0. The summed E-state index contributed by atoms with van der Waals surface area (Å²) in [5.74, 6) is -0.567. The van der Waals surface area contributed by atoms with E-state index in [2.05, 4.69) is 4.98 Å². The smallest absolute Gasteiger partial charge is 0.293 e. The van der Waals surface area contributed by atoms with Crippen molar-refractivity contribution < 1.29 is 10.0 Å². The highest BCUT2D eigenvalue weighted by atomic mass is 16.5. The van der Waals surface area contributed by atoms with Gasteiger partial charge in [0.05, 0.1) is 6.20 Å². The minimum Gasteiger partial charge on any atom is -0.295 e. The molecule has 2 heterocycles. The van der Waals surface area contributed by atoms with Crippen molar-refractivity contribution in [1.82, 2.24) is 14.9 Å². The molecule has 0 atom stereocenters. The Morgan fingerprint density at radius 1 is 1.44 bits per heavy atom. The Labute approximate surface area is 93.7 Å². The molecule has 0 unspecified atom stereocenters. The van der Waals surface area contributed by atoms with Crippen molar-refractivity contribution in [1.29, 1.82) is 0 Å². The number of pyridine rings is 1. The van der Waals surface area contributed by atoms with Crippen LogP contribution in [0.25, 0.3) is 5.65 Å². The van der Waals surface area contributed by atoms with Gasteiger partial charge in [-0.05, 0) is 18.6 Å². The molecule has 86 valence electrons. The Bertz CT molecular complexity index is 491. The highest BCUT2D eigenvalue weighted by Gasteiger charge is 2.10. The highest BCUT2D eigenvalue weighted by Crippen LogP contribution is 2.08. The monoisotopic (exact) mass is 221 g/mol. The number of hydroxylamine groups is 1. The molecule has 5 nitrogen and oxygen atoms in total. The maximum Gasteiger partial charge on any atom is 0.293 e. The van der Waals surface area contributed by atoms with E-state index in [4.69, 9.17) is 5.21 Å². The number of carbonyl (C=O) groups excluding carboxylic acids is 1. The van der Waals surface area contributed by atoms with Gasteiger partial charge >= 0.3 is 0 Å². The van der Waals surface area contributed by atoms with Crippen molar-refractivity contribution in [2.24, 2.45) is 0 Å². The first kappa shape index (κ1) is 12.2. The molecule has 0 radical (unpaired) electrons. The lowest BCUT2D eigenvalue weighted by molar-refractivity contribution is 0.0699. The summed E-state index contributed by atoms with van der Waals surface area (Å²) in [6, 6.07) is 3.71. The highest BCUT2D eigenvalue weighted by molar-refractivity contribution is 5.92. The molecule has 16 heavy (non-hydrogen) atoms. The van der Waals surface area contributed by atoms with Gasteiger partial charge in [0.15, 0.2) is 0 Å². The molecule has 2 aromatic heterocycles. The zero-order valence-electron chi connectivity index (χ0n) is 9.56. The molecule has 0 aliphatic heterocycles. The lowest BCUT2D eigenvalue weighted by atomic mass is 10.3. The first-order valence-corrected chi connectivity index (χ1v) is 5.10. The van der Waals surface area contributed by atoms with E-state index in [0.29, 0.717) is 11.3 Å². The predicted octanol–water partition coefficient (Wildman–Crippen LogP) is 1.79. The summed E-state index contributed by atoms with van der Waals surface area (Å²) in [5.41, 5.74) is 3.58. The van der Waals surface area contributed by atoms with Crippen LogP contribution in [0, 0.1) is 6.92 Å². The summed E-state index contributed by atoms with van der Waals surface area (Å²) in [5, 5.41) is 8.49. The molecule has 0 aromatic carbocycles. The van der Waals surface area contributed by atoms with Gasteiger partial charge in [-0.1, -0.05) is 19.9 Å². The van der Waals surface area contributed by atoms with E-state index in [0.717, 1.165) is 5.56 Å². The van der Waals surface area contributed by atoms with E-state index in [1.807, 2.05) is 32.9 Å².